The molecule has 6 N–H and O–H groups in total. The monoisotopic (exact) mass is 395 g/mol. The van der Waals surface area contributed by atoms with E-state index in [4.69, 9.17) is 16.6 Å². The summed E-state index contributed by atoms with van der Waals surface area (Å²) in [4.78, 5) is 24.4. The molecule has 2 unspecified atom stereocenters. The van der Waals surface area contributed by atoms with Crippen LogP contribution in [0.3, 0.4) is 0 Å². The Bertz CT molecular complexity index is 392. The predicted molar refractivity (Wildman–Crippen MR) is 106 cm³/mol. The summed E-state index contributed by atoms with van der Waals surface area (Å²) in [6.45, 7) is 5.51. The quantitative estimate of drug-likeness (QED) is 0.176. The summed E-state index contributed by atoms with van der Waals surface area (Å²) in [5.41, 5.74) is 10.3. The summed E-state index contributed by atoms with van der Waals surface area (Å²) >= 11 is 0. The average Bonchev–Trinajstić information content (AvgIpc) is 2.56. The number of carboxylic acids is 2. The molecule has 0 aromatic rings. The highest BCUT2D eigenvalue weighted by Crippen LogP contribution is 2.28. The highest BCUT2D eigenvalue weighted by molar-refractivity contribution is 8.76. The molecule has 0 saturated heterocycles. The number of unbranched alkanes of at least 4 members (excludes halogenated alkanes) is 4. The summed E-state index contributed by atoms with van der Waals surface area (Å²) in [6.07, 6.45) is 6.02. The molecule has 2 atom stereocenters. The summed E-state index contributed by atoms with van der Waals surface area (Å²) in [7, 11) is 2.52. The van der Waals surface area contributed by atoms with Crippen LogP contribution >= 0.6 is 21.6 Å². The standard InChI is InChI=1S/C16H33N3O4S2/c1-3-5-7-9-19(10-8-6-4-2)16(18,15(22)23)12-25-24-11-13(17)14(20)21/h13H,3-12,17-18H2,1-2H3,(H,20,21)(H,22,23). The van der Waals surface area contributed by atoms with Crippen LogP contribution < -0.4 is 11.5 Å². The van der Waals surface area contributed by atoms with E-state index in [-0.39, 0.29) is 11.5 Å². The van der Waals surface area contributed by atoms with Gasteiger partial charge in [0.1, 0.15) is 6.04 Å². The zero-order chi connectivity index (χ0) is 19.3. The fraction of sp³-hybridized carbons (Fsp3) is 0.875. The van der Waals surface area contributed by atoms with E-state index in [9.17, 15) is 14.7 Å². The van der Waals surface area contributed by atoms with E-state index >= 15 is 0 Å². The summed E-state index contributed by atoms with van der Waals surface area (Å²) in [6, 6.07) is -0.959. The van der Waals surface area contributed by atoms with E-state index in [1.54, 1.807) is 0 Å². The predicted octanol–water partition coefficient (Wildman–Crippen LogP) is 2.20. The van der Waals surface area contributed by atoms with Crippen molar-refractivity contribution >= 4 is 33.5 Å². The Kier molecular flexibility index (Phi) is 13.4. The van der Waals surface area contributed by atoms with Crippen LogP contribution in [0.25, 0.3) is 0 Å². The molecule has 148 valence electrons. The minimum Gasteiger partial charge on any atom is -0.480 e. The lowest BCUT2D eigenvalue weighted by Gasteiger charge is -2.37. The van der Waals surface area contributed by atoms with Crippen molar-refractivity contribution in [2.24, 2.45) is 11.5 Å². The molecule has 0 aliphatic rings. The normalized spacial score (nSPS) is 15.1. The van der Waals surface area contributed by atoms with Gasteiger partial charge in [-0.15, -0.1) is 0 Å². The van der Waals surface area contributed by atoms with Gasteiger partial charge in [0.25, 0.3) is 0 Å². The molecule has 0 saturated carbocycles. The summed E-state index contributed by atoms with van der Waals surface area (Å²) in [5.74, 6) is -1.72. The molecule has 0 spiro atoms. The lowest BCUT2D eigenvalue weighted by Crippen LogP contribution is -2.63. The van der Waals surface area contributed by atoms with Crippen molar-refractivity contribution < 1.29 is 19.8 Å². The molecule has 0 aromatic carbocycles. The topological polar surface area (TPSA) is 130 Å². The van der Waals surface area contributed by atoms with Crippen LogP contribution in [0.5, 0.6) is 0 Å². The van der Waals surface area contributed by atoms with Crippen molar-refractivity contribution in [3.63, 3.8) is 0 Å². The van der Waals surface area contributed by atoms with Gasteiger partial charge in [0.05, 0.1) is 0 Å². The van der Waals surface area contributed by atoms with Crippen molar-refractivity contribution in [3.05, 3.63) is 0 Å². The van der Waals surface area contributed by atoms with E-state index in [2.05, 4.69) is 13.8 Å². The van der Waals surface area contributed by atoms with Crippen LogP contribution in [-0.4, -0.2) is 63.4 Å². The second-order valence-corrected chi connectivity index (χ2v) is 8.63. The first-order chi connectivity index (χ1) is 11.8. The minimum atomic E-state index is -1.45. The molecule has 0 aromatic heterocycles. The Morgan fingerprint density at radius 2 is 1.56 bits per heavy atom. The van der Waals surface area contributed by atoms with Crippen molar-refractivity contribution in [2.75, 3.05) is 24.6 Å². The average molecular weight is 396 g/mol. The van der Waals surface area contributed by atoms with E-state index in [1.165, 1.54) is 21.6 Å². The Balaban J connectivity index is 4.77. The molecule has 0 heterocycles. The molecule has 0 rings (SSSR count). The Labute approximate surface area is 158 Å². The van der Waals surface area contributed by atoms with Crippen molar-refractivity contribution in [2.45, 2.75) is 64.1 Å². The molecule has 0 radical (unpaired) electrons. The van der Waals surface area contributed by atoms with Crippen LogP contribution in [0, 0.1) is 0 Å². The molecule has 0 aliphatic carbocycles. The number of aliphatic carboxylic acids is 2. The second-order valence-electron chi connectivity index (χ2n) is 6.12. The lowest BCUT2D eigenvalue weighted by molar-refractivity contribution is -0.150. The van der Waals surface area contributed by atoms with E-state index in [0.29, 0.717) is 13.1 Å². The molecule has 9 heteroatoms. The lowest BCUT2D eigenvalue weighted by atomic mass is 10.1. The van der Waals surface area contributed by atoms with E-state index in [1.807, 2.05) is 4.90 Å². The largest absolute Gasteiger partial charge is 0.480 e. The number of nitrogens with zero attached hydrogens (tertiary/aromatic N) is 1. The minimum absolute atomic E-state index is 0.178. The van der Waals surface area contributed by atoms with Gasteiger partial charge < -0.3 is 21.7 Å². The number of hydrogen-bond acceptors (Lipinski definition) is 7. The SMILES string of the molecule is CCCCCN(CCCCC)C(N)(CSSCC(N)C(=O)O)C(=O)O. The van der Waals surface area contributed by atoms with Gasteiger partial charge in [0.15, 0.2) is 5.66 Å². The number of carbonyl (C=O) groups is 2. The third-order valence-electron chi connectivity index (χ3n) is 3.92. The Morgan fingerprint density at radius 3 is 1.96 bits per heavy atom. The van der Waals surface area contributed by atoms with E-state index in [0.717, 1.165) is 38.5 Å². The fourth-order valence-electron chi connectivity index (χ4n) is 2.23. The first-order valence-corrected chi connectivity index (χ1v) is 11.3. The van der Waals surface area contributed by atoms with Crippen LogP contribution in [0.2, 0.25) is 0 Å². The Hall–Kier alpha value is -0.480. The molecule has 0 amide bonds. The maximum absolute atomic E-state index is 11.9. The first kappa shape index (κ1) is 24.5. The second kappa shape index (κ2) is 13.7. The molecule has 0 aliphatic heterocycles. The van der Waals surface area contributed by atoms with Crippen molar-refractivity contribution in [1.29, 1.82) is 0 Å². The number of hydrogen-bond donors (Lipinski definition) is 4. The van der Waals surface area contributed by atoms with Crippen LogP contribution in [0.15, 0.2) is 0 Å². The van der Waals surface area contributed by atoms with Gasteiger partial charge in [-0.05, 0) is 12.8 Å². The molecule has 25 heavy (non-hydrogen) atoms. The maximum atomic E-state index is 11.9. The van der Waals surface area contributed by atoms with Gasteiger partial charge >= 0.3 is 11.9 Å². The van der Waals surface area contributed by atoms with Gasteiger partial charge in [-0.2, -0.15) is 0 Å². The van der Waals surface area contributed by atoms with Gasteiger partial charge in [0.2, 0.25) is 0 Å². The molecular formula is C16H33N3O4S2. The zero-order valence-corrected chi connectivity index (χ0v) is 16.9. The Morgan fingerprint density at radius 1 is 1.04 bits per heavy atom. The first-order valence-electron chi connectivity index (χ1n) is 8.79. The maximum Gasteiger partial charge on any atom is 0.339 e. The molecule has 0 bridgehead atoms. The fourth-order valence-corrected chi connectivity index (χ4v) is 4.70. The van der Waals surface area contributed by atoms with Crippen LogP contribution in [0.1, 0.15) is 52.4 Å². The highest BCUT2D eigenvalue weighted by Gasteiger charge is 2.40. The van der Waals surface area contributed by atoms with Gasteiger partial charge in [-0.3, -0.25) is 9.69 Å². The zero-order valence-electron chi connectivity index (χ0n) is 15.3. The third-order valence-corrected chi connectivity index (χ3v) is 6.41. The molecular weight excluding hydrogens is 362 g/mol. The third kappa shape index (κ3) is 9.69. The highest BCUT2D eigenvalue weighted by atomic mass is 33.1. The number of nitrogens with two attached hydrogens (primary N) is 2. The smallest absolute Gasteiger partial charge is 0.339 e. The molecule has 7 nitrogen and oxygen atoms in total. The van der Waals surface area contributed by atoms with Crippen molar-refractivity contribution in [3.8, 4) is 0 Å². The van der Waals surface area contributed by atoms with Crippen LogP contribution in [0.4, 0.5) is 0 Å². The summed E-state index contributed by atoms with van der Waals surface area (Å²) in [5, 5.41) is 18.5. The van der Waals surface area contributed by atoms with Gasteiger partial charge in [-0.1, -0.05) is 61.1 Å². The summed E-state index contributed by atoms with van der Waals surface area (Å²) < 4.78 is 0. The van der Waals surface area contributed by atoms with Gasteiger partial charge in [0, 0.05) is 24.6 Å². The number of rotatable bonds is 16. The van der Waals surface area contributed by atoms with Crippen molar-refractivity contribution in [1.82, 2.24) is 4.90 Å². The molecule has 0 fully saturated rings. The van der Waals surface area contributed by atoms with Crippen LogP contribution in [-0.2, 0) is 9.59 Å². The number of carboxylic acid groups (broad SMARTS) is 2. The van der Waals surface area contributed by atoms with E-state index < -0.39 is 23.6 Å². The van der Waals surface area contributed by atoms with Gasteiger partial charge in [-0.25, -0.2) is 4.79 Å².